The van der Waals surface area contributed by atoms with E-state index >= 15 is 0 Å². The van der Waals surface area contributed by atoms with Crippen LogP contribution in [0.2, 0.25) is 0 Å². The first kappa shape index (κ1) is 31.1. The third kappa shape index (κ3) is 11.5. The van der Waals surface area contributed by atoms with Gasteiger partial charge in [0.2, 0.25) is 0 Å². The third-order valence-corrected chi connectivity index (χ3v) is 7.68. The van der Waals surface area contributed by atoms with Crippen LogP contribution in [0.25, 0.3) is 0 Å². The van der Waals surface area contributed by atoms with Crippen molar-refractivity contribution in [3.63, 3.8) is 0 Å². The summed E-state index contributed by atoms with van der Waals surface area (Å²) in [6.45, 7) is 19.6. The van der Waals surface area contributed by atoms with Gasteiger partial charge in [0.1, 0.15) is 12.2 Å². The van der Waals surface area contributed by atoms with Gasteiger partial charge in [-0.2, -0.15) is 0 Å². The minimum atomic E-state index is -0.0630. The Kier molecular flexibility index (Phi) is 10.9. The minimum Gasteiger partial charge on any atom is -0.462 e. The summed E-state index contributed by atoms with van der Waals surface area (Å²) in [7, 11) is 0. The Balaban J connectivity index is 1.61. The summed E-state index contributed by atoms with van der Waals surface area (Å²) < 4.78 is 11.7. The molecule has 2 N–H and O–H groups in total. The summed E-state index contributed by atoms with van der Waals surface area (Å²) in [6.07, 6.45) is 10.5. The number of rotatable bonds is 12. The molecule has 6 nitrogen and oxygen atoms in total. The van der Waals surface area contributed by atoms with Gasteiger partial charge < -0.3 is 20.1 Å². The van der Waals surface area contributed by atoms with Crippen molar-refractivity contribution in [1.82, 2.24) is 10.6 Å². The molecule has 0 radical (unpaired) electrons. The molecular weight excluding hydrogens is 452 g/mol. The molecule has 2 fully saturated rings. The number of esters is 2. The fourth-order valence-corrected chi connectivity index (χ4v) is 6.84. The monoisotopic (exact) mass is 508 g/mol. The lowest BCUT2D eigenvalue weighted by molar-refractivity contribution is -0.155. The van der Waals surface area contributed by atoms with Gasteiger partial charge in [0.05, 0.1) is 0 Å². The highest BCUT2D eigenvalue weighted by Gasteiger charge is 2.40. The second kappa shape index (κ2) is 12.6. The summed E-state index contributed by atoms with van der Waals surface area (Å²) in [4.78, 5) is 25.0. The maximum Gasteiger partial charge on any atom is 0.306 e. The van der Waals surface area contributed by atoms with Crippen LogP contribution < -0.4 is 10.6 Å². The topological polar surface area (TPSA) is 76.7 Å². The van der Waals surface area contributed by atoms with Crippen molar-refractivity contribution in [3.05, 3.63) is 0 Å². The Hall–Kier alpha value is -1.14. The number of unbranched alkanes of at least 4 members (excludes halogenated alkanes) is 3. The SMILES string of the molecule is CCC(CCCCCCC(=O)OC1CC(C)(C)NC(C)(C)C1)CC(=O)OC1CC(C)(C)NC(C)(C)C1. The van der Waals surface area contributed by atoms with Crippen LogP contribution in [0, 0.1) is 5.92 Å². The van der Waals surface area contributed by atoms with Gasteiger partial charge in [-0.15, -0.1) is 0 Å². The van der Waals surface area contributed by atoms with Crippen molar-refractivity contribution in [2.75, 3.05) is 0 Å². The fourth-order valence-electron chi connectivity index (χ4n) is 6.84. The largest absolute Gasteiger partial charge is 0.462 e. The van der Waals surface area contributed by atoms with Gasteiger partial charge in [-0.3, -0.25) is 9.59 Å². The summed E-state index contributed by atoms with van der Waals surface area (Å²) in [6, 6.07) is 0. The highest BCUT2D eigenvalue weighted by Crippen LogP contribution is 2.32. The summed E-state index contributed by atoms with van der Waals surface area (Å²) in [5.74, 6) is 0.260. The van der Waals surface area contributed by atoms with Gasteiger partial charge >= 0.3 is 11.9 Å². The van der Waals surface area contributed by atoms with Crippen LogP contribution >= 0.6 is 0 Å². The Labute approximate surface area is 221 Å². The summed E-state index contributed by atoms with van der Waals surface area (Å²) in [5.41, 5.74) is -0.0837. The number of ether oxygens (including phenoxy) is 2. The van der Waals surface area contributed by atoms with Crippen molar-refractivity contribution in [3.8, 4) is 0 Å². The predicted octanol–water partition coefficient (Wildman–Crippen LogP) is 6.45. The van der Waals surface area contributed by atoms with Crippen LogP contribution in [0.5, 0.6) is 0 Å². The van der Waals surface area contributed by atoms with Crippen molar-refractivity contribution >= 4 is 11.9 Å². The zero-order valence-electron chi connectivity index (χ0n) is 24.9. The van der Waals surface area contributed by atoms with E-state index in [1.165, 1.54) is 0 Å². The normalized spacial score (nSPS) is 24.1. The average molecular weight is 509 g/mol. The van der Waals surface area contributed by atoms with Crippen molar-refractivity contribution in [2.24, 2.45) is 5.92 Å². The molecule has 2 aliphatic rings. The van der Waals surface area contributed by atoms with E-state index in [9.17, 15) is 9.59 Å². The second-order valence-electron chi connectivity index (χ2n) is 14.3. The Morgan fingerprint density at radius 2 is 1.11 bits per heavy atom. The van der Waals surface area contributed by atoms with Crippen LogP contribution in [0.15, 0.2) is 0 Å². The maximum atomic E-state index is 12.7. The highest BCUT2D eigenvalue weighted by molar-refractivity contribution is 5.70. The zero-order chi connectivity index (χ0) is 27.2. The Morgan fingerprint density at radius 1 is 0.694 bits per heavy atom. The predicted molar refractivity (Wildman–Crippen MR) is 147 cm³/mol. The lowest BCUT2D eigenvalue weighted by Gasteiger charge is -2.46. The molecule has 0 aromatic carbocycles. The number of carbonyl (C=O) groups excluding carboxylic acids is 2. The van der Waals surface area contributed by atoms with E-state index in [-0.39, 0.29) is 46.3 Å². The molecule has 6 heteroatoms. The molecule has 0 bridgehead atoms. The molecule has 2 heterocycles. The smallest absolute Gasteiger partial charge is 0.306 e. The minimum absolute atomic E-state index is 0.00386. The Bertz CT molecular complexity index is 696. The zero-order valence-corrected chi connectivity index (χ0v) is 24.9. The van der Waals surface area contributed by atoms with Gasteiger partial charge in [0.25, 0.3) is 0 Å². The molecule has 1 atom stereocenters. The van der Waals surface area contributed by atoms with E-state index in [0.29, 0.717) is 18.8 Å². The maximum absolute atomic E-state index is 12.7. The van der Waals surface area contributed by atoms with Gasteiger partial charge in [-0.1, -0.05) is 32.6 Å². The van der Waals surface area contributed by atoms with Crippen LogP contribution in [0.1, 0.15) is 139 Å². The Morgan fingerprint density at radius 3 is 1.56 bits per heavy atom. The van der Waals surface area contributed by atoms with Crippen molar-refractivity contribution < 1.29 is 19.1 Å². The van der Waals surface area contributed by atoms with E-state index in [1.54, 1.807) is 0 Å². The molecule has 0 aromatic heterocycles. The first-order valence-electron chi connectivity index (χ1n) is 14.5. The van der Waals surface area contributed by atoms with E-state index in [1.807, 2.05) is 0 Å². The van der Waals surface area contributed by atoms with Crippen LogP contribution in [0.3, 0.4) is 0 Å². The molecule has 36 heavy (non-hydrogen) atoms. The summed E-state index contributed by atoms with van der Waals surface area (Å²) >= 11 is 0. The molecule has 2 aliphatic heterocycles. The van der Waals surface area contributed by atoms with Crippen LogP contribution in [0.4, 0.5) is 0 Å². The lowest BCUT2D eigenvalue weighted by Crippen LogP contribution is -2.59. The number of nitrogens with one attached hydrogen (secondary N) is 2. The molecule has 0 aliphatic carbocycles. The fraction of sp³-hybridized carbons (Fsp3) is 0.933. The highest BCUT2D eigenvalue weighted by atomic mass is 16.5. The summed E-state index contributed by atoms with van der Waals surface area (Å²) in [5, 5.41) is 7.27. The van der Waals surface area contributed by atoms with E-state index in [4.69, 9.17) is 9.47 Å². The molecule has 2 rings (SSSR count). The number of hydrogen-bond donors (Lipinski definition) is 2. The molecule has 0 spiro atoms. The van der Waals surface area contributed by atoms with E-state index in [0.717, 1.165) is 64.2 Å². The van der Waals surface area contributed by atoms with E-state index in [2.05, 4.69) is 72.9 Å². The molecule has 2 saturated heterocycles. The first-order chi connectivity index (χ1) is 16.5. The quantitative estimate of drug-likeness (QED) is 0.233. The average Bonchev–Trinajstić information content (AvgIpc) is 2.64. The van der Waals surface area contributed by atoms with Gasteiger partial charge in [0.15, 0.2) is 0 Å². The standard InChI is InChI=1S/C30H56N2O4/c1-10-22(17-26(34)36-24-20-29(6,7)32-30(8,9)21-24)15-13-11-12-14-16-25(33)35-23-18-27(2,3)31-28(4,5)19-23/h22-24,31-32H,10-21H2,1-9H3. The molecule has 210 valence electrons. The molecule has 0 amide bonds. The van der Waals surface area contributed by atoms with E-state index < -0.39 is 0 Å². The van der Waals surface area contributed by atoms with Gasteiger partial charge in [-0.25, -0.2) is 0 Å². The third-order valence-electron chi connectivity index (χ3n) is 7.68. The van der Waals surface area contributed by atoms with Crippen molar-refractivity contribution in [1.29, 1.82) is 0 Å². The van der Waals surface area contributed by atoms with Gasteiger partial charge in [-0.05, 0) is 74.1 Å². The second-order valence-corrected chi connectivity index (χ2v) is 14.3. The van der Waals surface area contributed by atoms with Crippen LogP contribution in [-0.4, -0.2) is 46.3 Å². The number of hydrogen-bond acceptors (Lipinski definition) is 6. The molecule has 0 saturated carbocycles. The lowest BCUT2D eigenvalue weighted by atomic mass is 9.81. The molecular formula is C30H56N2O4. The molecule has 0 aromatic rings. The van der Waals surface area contributed by atoms with Crippen molar-refractivity contribution in [2.45, 2.75) is 174 Å². The molecule has 1 unspecified atom stereocenters. The van der Waals surface area contributed by atoms with Gasteiger partial charge in [0, 0.05) is 60.7 Å². The first-order valence-corrected chi connectivity index (χ1v) is 14.5. The number of piperidine rings is 2. The van der Waals surface area contributed by atoms with Crippen LogP contribution in [-0.2, 0) is 19.1 Å². The number of carbonyl (C=O) groups is 2.